The second-order valence-electron chi connectivity index (χ2n) is 9.45. The van der Waals surface area contributed by atoms with Gasteiger partial charge in [-0.3, -0.25) is 4.79 Å². The van der Waals surface area contributed by atoms with Crippen molar-refractivity contribution in [2.45, 2.75) is 77.7 Å². The van der Waals surface area contributed by atoms with Gasteiger partial charge in [0.1, 0.15) is 5.82 Å². The van der Waals surface area contributed by atoms with E-state index in [0.29, 0.717) is 12.0 Å². The van der Waals surface area contributed by atoms with Gasteiger partial charge in [0, 0.05) is 18.3 Å². The number of nitrogens with zero attached hydrogens (tertiary/aromatic N) is 1. The second kappa shape index (κ2) is 11.3. The molecule has 4 nitrogen and oxygen atoms in total. The molecule has 2 aromatic rings. The van der Waals surface area contributed by atoms with Crippen LogP contribution in [0, 0.1) is 11.7 Å². The molecule has 2 aromatic carbocycles. The maximum Gasteiger partial charge on any atom is 0.303 e. The summed E-state index contributed by atoms with van der Waals surface area (Å²) in [5, 5.41) is 12.9. The van der Waals surface area contributed by atoms with E-state index in [1.807, 2.05) is 6.92 Å². The van der Waals surface area contributed by atoms with Crippen LogP contribution in [0.4, 0.5) is 21.5 Å². The number of carboxylic acid groups (broad SMARTS) is 1. The number of hydrogen-bond donors (Lipinski definition) is 2. The van der Waals surface area contributed by atoms with Crippen LogP contribution in [-0.4, -0.2) is 23.7 Å². The topological polar surface area (TPSA) is 52.6 Å². The molecule has 0 saturated heterocycles. The van der Waals surface area contributed by atoms with E-state index >= 15 is 0 Å². The Morgan fingerprint density at radius 1 is 1.12 bits per heavy atom. The molecule has 1 aliphatic rings. The van der Waals surface area contributed by atoms with Crippen molar-refractivity contribution in [3.63, 3.8) is 0 Å². The molecule has 0 aliphatic heterocycles. The Bertz CT molecular complexity index is 876. The first-order valence-electron chi connectivity index (χ1n) is 12.0. The molecule has 0 heterocycles. The fourth-order valence-corrected chi connectivity index (χ4v) is 4.79. The largest absolute Gasteiger partial charge is 0.481 e. The van der Waals surface area contributed by atoms with Crippen molar-refractivity contribution in [2.75, 3.05) is 16.8 Å². The molecule has 32 heavy (non-hydrogen) atoms. The van der Waals surface area contributed by atoms with Crippen LogP contribution >= 0.6 is 0 Å². The smallest absolute Gasteiger partial charge is 0.303 e. The zero-order valence-corrected chi connectivity index (χ0v) is 19.6. The Hall–Kier alpha value is -2.56. The van der Waals surface area contributed by atoms with Gasteiger partial charge in [-0.05, 0) is 73.1 Å². The molecule has 0 spiro atoms. The van der Waals surface area contributed by atoms with Crippen molar-refractivity contribution >= 4 is 23.0 Å². The minimum atomic E-state index is -0.780. The molecule has 0 amide bonds. The summed E-state index contributed by atoms with van der Waals surface area (Å²) in [6.07, 6.45) is 7.09. The first-order chi connectivity index (χ1) is 15.4. The summed E-state index contributed by atoms with van der Waals surface area (Å²) in [5.74, 6) is -0.562. The maximum absolute atomic E-state index is 13.5. The van der Waals surface area contributed by atoms with Crippen LogP contribution < -0.4 is 10.2 Å². The monoisotopic (exact) mass is 440 g/mol. The van der Waals surface area contributed by atoms with Crippen molar-refractivity contribution in [1.29, 1.82) is 0 Å². The van der Waals surface area contributed by atoms with Gasteiger partial charge in [0.25, 0.3) is 0 Å². The minimum Gasteiger partial charge on any atom is -0.481 e. The van der Waals surface area contributed by atoms with E-state index in [0.717, 1.165) is 35.6 Å². The Kier molecular flexibility index (Phi) is 8.54. The molecule has 3 rings (SSSR count). The van der Waals surface area contributed by atoms with Gasteiger partial charge in [-0.15, -0.1) is 0 Å². The van der Waals surface area contributed by atoms with Gasteiger partial charge in [0.15, 0.2) is 0 Å². The highest BCUT2D eigenvalue weighted by molar-refractivity contribution is 5.77. The number of halogens is 1. The standard InChI is InChI=1S/C27H37FN2O2/c1-4-20(17-27(31)32)21-10-15-26(25(16-21)29-23-13-11-22(28)12-14-23)30(18-19(2)3)24-8-6-5-7-9-24/h10-16,19-20,24,29H,4-9,17-18H2,1-3H3,(H,31,32). The summed E-state index contributed by atoms with van der Waals surface area (Å²) in [6.45, 7) is 7.49. The third kappa shape index (κ3) is 6.47. The summed E-state index contributed by atoms with van der Waals surface area (Å²) in [7, 11) is 0. The molecule has 0 bridgehead atoms. The van der Waals surface area contributed by atoms with E-state index in [4.69, 9.17) is 0 Å². The molecule has 5 heteroatoms. The van der Waals surface area contributed by atoms with Gasteiger partial charge in [0.2, 0.25) is 0 Å². The maximum atomic E-state index is 13.5. The fourth-order valence-electron chi connectivity index (χ4n) is 4.79. The minimum absolute atomic E-state index is 0.0384. The SMILES string of the molecule is CCC(CC(=O)O)c1ccc(N(CC(C)C)C2CCCCC2)c(Nc2ccc(F)cc2)c1. The lowest BCUT2D eigenvalue weighted by atomic mass is 9.90. The molecular formula is C27H37FN2O2. The van der Waals surface area contributed by atoms with E-state index in [-0.39, 0.29) is 18.2 Å². The summed E-state index contributed by atoms with van der Waals surface area (Å²) in [6, 6.07) is 13.3. The van der Waals surface area contributed by atoms with Gasteiger partial charge in [-0.1, -0.05) is 46.1 Å². The molecule has 1 saturated carbocycles. The van der Waals surface area contributed by atoms with E-state index in [9.17, 15) is 14.3 Å². The normalized spacial score (nSPS) is 15.5. The van der Waals surface area contributed by atoms with E-state index < -0.39 is 5.97 Å². The Morgan fingerprint density at radius 2 is 1.81 bits per heavy atom. The number of benzene rings is 2. The van der Waals surface area contributed by atoms with Gasteiger partial charge >= 0.3 is 5.97 Å². The van der Waals surface area contributed by atoms with Gasteiger partial charge in [-0.2, -0.15) is 0 Å². The molecule has 1 atom stereocenters. The van der Waals surface area contributed by atoms with Gasteiger partial charge < -0.3 is 15.3 Å². The molecule has 1 fully saturated rings. The van der Waals surface area contributed by atoms with Crippen LogP contribution in [0.25, 0.3) is 0 Å². The summed E-state index contributed by atoms with van der Waals surface area (Å²) in [5.41, 5.74) is 3.95. The van der Waals surface area contributed by atoms with E-state index in [2.05, 4.69) is 42.3 Å². The zero-order valence-electron chi connectivity index (χ0n) is 19.6. The predicted octanol–water partition coefficient (Wildman–Crippen LogP) is 7.33. The van der Waals surface area contributed by atoms with Crippen molar-refractivity contribution < 1.29 is 14.3 Å². The number of nitrogens with one attached hydrogen (secondary N) is 1. The van der Waals surface area contributed by atoms with Crippen molar-refractivity contribution in [2.24, 2.45) is 5.92 Å². The Morgan fingerprint density at radius 3 is 2.41 bits per heavy atom. The van der Waals surface area contributed by atoms with Crippen LogP contribution in [0.15, 0.2) is 42.5 Å². The molecular weight excluding hydrogens is 403 g/mol. The first-order valence-corrected chi connectivity index (χ1v) is 12.0. The first kappa shape index (κ1) is 24.1. The highest BCUT2D eigenvalue weighted by atomic mass is 19.1. The number of anilines is 3. The van der Waals surface area contributed by atoms with Crippen LogP contribution in [0.2, 0.25) is 0 Å². The molecule has 0 aromatic heterocycles. The summed E-state index contributed by atoms with van der Waals surface area (Å²) in [4.78, 5) is 13.9. The molecule has 1 unspecified atom stereocenters. The summed E-state index contributed by atoms with van der Waals surface area (Å²) < 4.78 is 13.5. The lowest BCUT2D eigenvalue weighted by molar-refractivity contribution is -0.137. The van der Waals surface area contributed by atoms with Crippen LogP contribution in [-0.2, 0) is 4.79 Å². The third-order valence-electron chi connectivity index (χ3n) is 6.42. The van der Waals surface area contributed by atoms with Crippen LogP contribution in [0.1, 0.15) is 77.2 Å². The van der Waals surface area contributed by atoms with Crippen molar-refractivity contribution in [3.05, 3.63) is 53.8 Å². The highest BCUT2D eigenvalue weighted by Crippen LogP contribution is 2.38. The fraction of sp³-hybridized carbons (Fsp3) is 0.519. The van der Waals surface area contributed by atoms with Crippen LogP contribution in [0.5, 0.6) is 0 Å². The molecule has 0 radical (unpaired) electrons. The Labute approximate surface area is 191 Å². The Balaban J connectivity index is 2.02. The predicted molar refractivity (Wildman–Crippen MR) is 130 cm³/mol. The highest BCUT2D eigenvalue weighted by Gasteiger charge is 2.25. The third-order valence-corrected chi connectivity index (χ3v) is 6.42. The number of hydrogen-bond acceptors (Lipinski definition) is 3. The van der Waals surface area contributed by atoms with E-state index in [1.54, 1.807) is 12.1 Å². The average molecular weight is 441 g/mol. The number of aliphatic carboxylic acids is 1. The molecule has 2 N–H and O–H groups in total. The molecule has 1 aliphatic carbocycles. The van der Waals surface area contributed by atoms with Gasteiger partial charge in [-0.25, -0.2) is 4.39 Å². The lowest BCUT2D eigenvalue weighted by Gasteiger charge is -2.38. The average Bonchev–Trinajstić information content (AvgIpc) is 2.78. The lowest BCUT2D eigenvalue weighted by Crippen LogP contribution is -2.39. The summed E-state index contributed by atoms with van der Waals surface area (Å²) >= 11 is 0. The second-order valence-corrected chi connectivity index (χ2v) is 9.45. The van der Waals surface area contributed by atoms with E-state index in [1.165, 1.54) is 44.2 Å². The quantitative estimate of drug-likeness (QED) is 0.406. The zero-order chi connectivity index (χ0) is 23.1. The van der Waals surface area contributed by atoms with Gasteiger partial charge in [0.05, 0.1) is 17.8 Å². The van der Waals surface area contributed by atoms with Crippen molar-refractivity contribution in [1.82, 2.24) is 0 Å². The molecule has 174 valence electrons. The number of carbonyl (C=O) groups is 1. The number of rotatable bonds is 10. The van der Waals surface area contributed by atoms with Crippen molar-refractivity contribution in [3.8, 4) is 0 Å². The number of carboxylic acids is 1. The van der Waals surface area contributed by atoms with Crippen LogP contribution in [0.3, 0.4) is 0 Å².